The van der Waals surface area contributed by atoms with Crippen molar-refractivity contribution in [3.63, 3.8) is 0 Å². The number of allylic oxidation sites excluding steroid dienone is 2. The molecule has 204 valence electrons. The molecule has 0 bridgehead atoms. The second-order valence-corrected chi connectivity index (χ2v) is 13.2. The van der Waals surface area contributed by atoms with Gasteiger partial charge in [0, 0.05) is 11.1 Å². The van der Waals surface area contributed by atoms with Crippen molar-refractivity contribution >= 4 is 92.1 Å². The summed E-state index contributed by atoms with van der Waals surface area (Å²) in [6.07, 6.45) is 4.34. The van der Waals surface area contributed by atoms with Crippen LogP contribution in [0, 0.1) is 0 Å². The number of carboxylic acids is 1. The quantitative estimate of drug-likeness (QED) is 0.209. The number of nitrogens with two attached hydrogens (primary N) is 1. The van der Waals surface area contributed by atoms with Crippen LogP contribution in [0.2, 0.25) is 0 Å². The molecular formula is C22H18FN5O6S5. The molecule has 11 nitrogen and oxygen atoms in total. The summed E-state index contributed by atoms with van der Waals surface area (Å²) < 4.78 is 13.4. The highest BCUT2D eigenvalue weighted by Crippen LogP contribution is 2.49. The Morgan fingerprint density at radius 1 is 1.41 bits per heavy atom. The molecular weight excluding hydrogens is 610 g/mol. The number of rotatable bonds is 9. The van der Waals surface area contributed by atoms with Crippen LogP contribution in [-0.4, -0.2) is 72.9 Å². The van der Waals surface area contributed by atoms with Gasteiger partial charge in [0.25, 0.3) is 18.7 Å². The third-order valence-corrected chi connectivity index (χ3v) is 11.2. The summed E-state index contributed by atoms with van der Waals surface area (Å²) in [5.41, 5.74) is 6.60. The number of alkyl halides is 1. The molecule has 1 aromatic rings. The lowest BCUT2D eigenvalue weighted by molar-refractivity contribution is -0.150. The monoisotopic (exact) mass is 627 g/mol. The van der Waals surface area contributed by atoms with E-state index in [-0.39, 0.29) is 38.4 Å². The number of amides is 2. The summed E-state index contributed by atoms with van der Waals surface area (Å²) in [6, 6.07) is -1.04. The van der Waals surface area contributed by atoms with Crippen LogP contribution in [-0.2, 0) is 24.0 Å². The van der Waals surface area contributed by atoms with Gasteiger partial charge in [-0.25, -0.2) is 14.2 Å². The molecule has 0 aromatic carbocycles. The zero-order valence-electron chi connectivity index (χ0n) is 19.6. The van der Waals surface area contributed by atoms with Crippen LogP contribution < -0.4 is 11.1 Å². The molecule has 4 aliphatic rings. The van der Waals surface area contributed by atoms with E-state index in [1.54, 1.807) is 11.5 Å². The molecule has 0 radical (unpaired) electrons. The smallest absolute Gasteiger partial charge is 0.352 e. The Labute approximate surface area is 241 Å². The van der Waals surface area contributed by atoms with Crippen LogP contribution in [0.3, 0.4) is 0 Å². The van der Waals surface area contributed by atoms with Gasteiger partial charge in [0.1, 0.15) is 28.1 Å². The Morgan fingerprint density at radius 2 is 2.23 bits per heavy atom. The molecule has 1 aromatic heterocycles. The fraction of sp³-hybridized carbons (Fsp3) is 0.273. The molecule has 4 N–H and O–H groups in total. The number of β-lactam (4-membered cyclic amide) rings is 1. The molecule has 0 spiro atoms. The maximum Gasteiger partial charge on any atom is 0.352 e. The maximum absolute atomic E-state index is 13.0. The summed E-state index contributed by atoms with van der Waals surface area (Å²) in [6.45, 7) is -1.28. The summed E-state index contributed by atoms with van der Waals surface area (Å²) in [5, 5.41) is 20.4. The number of fused-ring (bicyclic) bond motifs is 2. The highest BCUT2D eigenvalue weighted by Gasteiger charge is 2.54. The fourth-order valence-corrected chi connectivity index (χ4v) is 9.30. The molecule has 0 aliphatic carbocycles. The predicted molar refractivity (Wildman–Crippen MR) is 151 cm³/mol. The molecule has 2 unspecified atom stereocenters. The van der Waals surface area contributed by atoms with Gasteiger partial charge in [0.05, 0.1) is 4.24 Å². The van der Waals surface area contributed by atoms with E-state index >= 15 is 0 Å². The first-order valence-corrected chi connectivity index (χ1v) is 15.6. The van der Waals surface area contributed by atoms with Crippen LogP contribution in [0.5, 0.6) is 0 Å². The van der Waals surface area contributed by atoms with Crippen molar-refractivity contribution < 1.29 is 33.5 Å². The predicted octanol–water partition coefficient (Wildman–Crippen LogP) is 2.86. The minimum atomic E-state index is -1.28. The number of thioether (sulfide) groups is 4. The molecule has 5 heterocycles. The third kappa shape index (κ3) is 5.50. The van der Waals surface area contributed by atoms with E-state index in [1.165, 1.54) is 52.4 Å². The van der Waals surface area contributed by atoms with Gasteiger partial charge >= 0.3 is 5.97 Å². The van der Waals surface area contributed by atoms with Gasteiger partial charge in [-0.3, -0.25) is 19.3 Å². The van der Waals surface area contributed by atoms with E-state index in [9.17, 15) is 28.7 Å². The van der Waals surface area contributed by atoms with Crippen molar-refractivity contribution in [2.24, 2.45) is 5.16 Å². The SMILES string of the molecule is Nc1nc(C(=NOCF)C(=O)NC2C(=O)N3C(C(=O)O)=C(C=CSC4=C5CC=CSC5C(=O)S4)CS[C@@H]23)cs1. The van der Waals surface area contributed by atoms with Crippen molar-refractivity contribution in [2.75, 3.05) is 18.3 Å². The first kappa shape index (κ1) is 27.8. The number of carbonyl (C=O) groups is 4. The number of hydrogen-bond donors (Lipinski definition) is 3. The Kier molecular flexibility index (Phi) is 8.41. The largest absolute Gasteiger partial charge is 0.477 e. The second-order valence-electron chi connectivity index (χ2n) is 8.04. The summed E-state index contributed by atoms with van der Waals surface area (Å²) >= 11 is 6.34. The van der Waals surface area contributed by atoms with E-state index in [0.29, 0.717) is 12.0 Å². The van der Waals surface area contributed by atoms with Crippen LogP contribution >= 0.6 is 58.4 Å². The number of oxime groups is 1. The highest BCUT2D eigenvalue weighted by molar-refractivity contribution is 8.31. The summed E-state index contributed by atoms with van der Waals surface area (Å²) in [5.74, 6) is -2.47. The number of nitrogen functional groups attached to an aromatic ring is 1. The standard InChI is InChI=1S/C22H18FN5O6S5/c23-8-34-27-12(11-7-38-22(24)25-11)16(29)26-13-17(30)28-14(19(31)32)9(6-37-18(13)28)3-5-36-21-10-2-1-4-35-15(10)20(33)39-21/h1,3-5,7,13,15,18H,2,6,8H2,(H2,24,25)(H,26,29)(H,31,32)/t13?,15?,18-/m0/s1. The Bertz CT molecular complexity index is 1410. The number of aliphatic carboxylic acids is 1. The van der Waals surface area contributed by atoms with Crippen molar-refractivity contribution in [3.8, 4) is 0 Å². The number of aromatic nitrogens is 1. The van der Waals surface area contributed by atoms with Gasteiger partial charge in [-0.1, -0.05) is 23.0 Å². The van der Waals surface area contributed by atoms with Crippen LogP contribution in [0.1, 0.15) is 12.1 Å². The van der Waals surface area contributed by atoms with E-state index < -0.39 is 36.1 Å². The molecule has 0 saturated carbocycles. The molecule has 4 aliphatic heterocycles. The average molecular weight is 628 g/mol. The van der Waals surface area contributed by atoms with Crippen LogP contribution in [0.25, 0.3) is 0 Å². The van der Waals surface area contributed by atoms with Gasteiger partial charge in [-0.05, 0) is 46.2 Å². The van der Waals surface area contributed by atoms with Crippen LogP contribution in [0.15, 0.2) is 54.6 Å². The molecule has 2 amide bonds. The van der Waals surface area contributed by atoms with E-state index in [1.807, 2.05) is 11.5 Å². The first-order valence-electron chi connectivity index (χ1n) is 11.1. The van der Waals surface area contributed by atoms with Crippen molar-refractivity contribution in [2.45, 2.75) is 23.1 Å². The summed E-state index contributed by atoms with van der Waals surface area (Å²) in [4.78, 5) is 59.7. The zero-order chi connectivity index (χ0) is 27.7. The minimum Gasteiger partial charge on any atom is -0.477 e. The third-order valence-electron chi connectivity index (χ3n) is 5.75. The molecule has 1 saturated heterocycles. The molecule has 5 rings (SSSR count). The van der Waals surface area contributed by atoms with Gasteiger partial charge in [0.15, 0.2) is 10.8 Å². The Morgan fingerprint density at radius 3 is 2.95 bits per heavy atom. The first-order chi connectivity index (χ1) is 18.8. The van der Waals surface area contributed by atoms with Gasteiger partial charge in [0.2, 0.25) is 5.12 Å². The summed E-state index contributed by atoms with van der Waals surface area (Å²) in [7, 11) is 0. The number of anilines is 1. The van der Waals surface area contributed by atoms with E-state index in [4.69, 9.17) is 5.73 Å². The highest BCUT2D eigenvalue weighted by atomic mass is 32.2. The molecule has 39 heavy (non-hydrogen) atoms. The minimum absolute atomic E-state index is 0.0479. The number of hydrogen-bond acceptors (Lipinski definition) is 13. The number of nitrogens with one attached hydrogen (secondary N) is 1. The fourth-order valence-electron chi connectivity index (χ4n) is 4.05. The van der Waals surface area contributed by atoms with Gasteiger partial charge < -0.3 is 21.0 Å². The lowest BCUT2D eigenvalue weighted by atomic mass is 10.0. The number of carboxylic acid groups (broad SMARTS) is 1. The van der Waals surface area contributed by atoms with Crippen molar-refractivity contribution in [1.82, 2.24) is 15.2 Å². The maximum atomic E-state index is 13.0. The average Bonchev–Trinajstić information content (AvgIpc) is 3.49. The normalized spacial score (nSPS) is 24.7. The van der Waals surface area contributed by atoms with E-state index in [0.717, 1.165) is 26.0 Å². The topological polar surface area (TPSA) is 164 Å². The molecule has 3 atom stereocenters. The number of thiazole rings is 1. The zero-order valence-corrected chi connectivity index (χ0v) is 23.6. The Balaban J connectivity index is 1.30. The van der Waals surface area contributed by atoms with Crippen molar-refractivity contribution in [1.29, 1.82) is 0 Å². The van der Waals surface area contributed by atoms with E-state index in [2.05, 4.69) is 20.3 Å². The van der Waals surface area contributed by atoms with Crippen LogP contribution in [0.4, 0.5) is 9.52 Å². The van der Waals surface area contributed by atoms with Gasteiger partial charge in [-0.15, -0.1) is 34.9 Å². The van der Waals surface area contributed by atoms with Crippen molar-refractivity contribution in [3.05, 3.63) is 55.1 Å². The lowest BCUT2D eigenvalue weighted by Gasteiger charge is -2.49. The number of halogens is 1. The molecule has 1 fully saturated rings. The Hall–Kier alpha value is -2.73. The lowest BCUT2D eigenvalue weighted by Crippen LogP contribution is -2.71. The second kappa shape index (κ2) is 11.8. The molecule has 17 heteroatoms. The number of carbonyl (C=O) groups excluding carboxylic acids is 3. The number of nitrogens with zero attached hydrogens (tertiary/aromatic N) is 3. The van der Waals surface area contributed by atoms with Gasteiger partial charge in [-0.2, -0.15) is 0 Å².